The number of para-hydroxylation sites is 1. The zero-order valence-electron chi connectivity index (χ0n) is 10.8. The highest BCUT2D eigenvalue weighted by atomic mass is 14.8. The van der Waals surface area contributed by atoms with Gasteiger partial charge in [0.1, 0.15) is 0 Å². The van der Waals surface area contributed by atoms with Crippen LogP contribution in [-0.4, -0.2) is 6.54 Å². The molecule has 0 radical (unpaired) electrons. The Morgan fingerprint density at radius 2 is 1.89 bits per heavy atom. The SMILES string of the molecule is Cc1cccc(CCNCc2ccccc2N)c1. The molecule has 2 heteroatoms. The lowest BCUT2D eigenvalue weighted by atomic mass is 10.1. The Morgan fingerprint density at radius 1 is 1.06 bits per heavy atom. The zero-order valence-corrected chi connectivity index (χ0v) is 10.8. The van der Waals surface area contributed by atoms with Crippen molar-refractivity contribution in [3.05, 3.63) is 65.2 Å². The van der Waals surface area contributed by atoms with Gasteiger partial charge in [-0.3, -0.25) is 0 Å². The molecule has 0 amide bonds. The van der Waals surface area contributed by atoms with Crippen molar-refractivity contribution in [2.75, 3.05) is 12.3 Å². The first kappa shape index (κ1) is 12.7. The lowest BCUT2D eigenvalue weighted by molar-refractivity contribution is 0.688. The second-order valence-corrected chi connectivity index (χ2v) is 4.61. The number of nitrogens with two attached hydrogens (primary N) is 1. The highest BCUT2D eigenvalue weighted by Crippen LogP contribution is 2.09. The van der Waals surface area contributed by atoms with Gasteiger partial charge < -0.3 is 11.1 Å². The third-order valence-corrected chi connectivity index (χ3v) is 3.04. The molecule has 0 atom stereocenters. The minimum absolute atomic E-state index is 0.832. The average molecular weight is 240 g/mol. The molecule has 0 heterocycles. The molecule has 2 aromatic rings. The molecule has 0 saturated carbocycles. The number of nitrogen functional groups attached to an aromatic ring is 1. The van der Waals surface area contributed by atoms with Gasteiger partial charge in [-0.1, -0.05) is 48.0 Å². The summed E-state index contributed by atoms with van der Waals surface area (Å²) in [5.41, 5.74) is 10.6. The van der Waals surface area contributed by atoms with Gasteiger partial charge in [-0.2, -0.15) is 0 Å². The summed E-state index contributed by atoms with van der Waals surface area (Å²) in [5, 5.41) is 3.43. The van der Waals surface area contributed by atoms with E-state index in [0.29, 0.717) is 0 Å². The number of aryl methyl sites for hydroxylation is 1. The van der Waals surface area contributed by atoms with Crippen molar-refractivity contribution >= 4 is 5.69 Å². The minimum atomic E-state index is 0.832. The van der Waals surface area contributed by atoms with E-state index in [2.05, 4.69) is 42.6 Å². The average Bonchev–Trinajstić information content (AvgIpc) is 2.37. The normalized spacial score (nSPS) is 10.5. The number of nitrogens with one attached hydrogen (secondary N) is 1. The van der Waals surface area contributed by atoms with Crippen molar-refractivity contribution in [3.8, 4) is 0 Å². The molecule has 0 unspecified atom stereocenters. The van der Waals surface area contributed by atoms with Crippen molar-refractivity contribution in [2.45, 2.75) is 19.9 Å². The van der Waals surface area contributed by atoms with Crippen molar-refractivity contribution in [1.29, 1.82) is 0 Å². The number of rotatable bonds is 5. The van der Waals surface area contributed by atoms with Gasteiger partial charge in [0.25, 0.3) is 0 Å². The Bertz CT molecular complexity index is 506. The second-order valence-electron chi connectivity index (χ2n) is 4.61. The van der Waals surface area contributed by atoms with Crippen molar-refractivity contribution in [1.82, 2.24) is 5.32 Å². The maximum atomic E-state index is 5.89. The van der Waals surface area contributed by atoms with Crippen LogP contribution in [0, 0.1) is 6.92 Å². The molecule has 2 nitrogen and oxygen atoms in total. The highest BCUT2D eigenvalue weighted by molar-refractivity contribution is 5.46. The van der Waals surface area contributed by atoms with Crippen LogP contribution in [0.25, 0.3) is 0 Å². The van der Waals surface area contributed by atoms with E-state index in [1.165, 1.54) is 16.7 Å². The first-order valence-corrected chi connectivity index (χ1v) is 6.35. The molecular formula is C16H20N2. The molecule has 94 valence electrons. The van der Waals surface area contributed by atoms with Gasteiger partial charge in [-0.25, -0.2) is 0 Å². The lowest BCUT2D eigenvalue weighted by Gasteiger charge is -2.07. The molecule has 0 bridgehead atoms. The van der Waals surface area contributed by atoms with Crippen LogP contribution in [0.15, 0.2) is 48.5 Å². The largest absolute Gasteiger partial charge is 0.398 e. The predicted octanol–water partition coefficient (Wildman–Crippen LogP) is 2.91. The Labute approximate surface area is 109 Å². The van der Waals surface area contributed by atoms with Gasteiger partial charge in [0, 0.05) is 12.2 Å². The third-order valence-electron chi connectivity index (χ3n) is 3.04. The number of hydrogen-bond donors (Lipinski definition) is 2. The van der Waals surface area contributed by atoms with Crippen LogP contribution in [-0.2, 0) is 13.0 Å². The van der Waals surface area contributed by atoms with Gasteiger partial charge >= 0.3 is 0 Å². The maximum absolute atomic E-state index is 5.89. The summed E-state index contributed by atoms with van der Waals surface area (Å²) in [6, 6.07) is 16.6. The van der Waals surface area contributed by atoms with E-state index in [4.69, 9.17) is 5.73 Å². The van der Waals surface area contributed by atoms with E-state index in [1.54, 1.807) is 0 Å². The first-order chi connectivity index (χ1) is 8.75. The van der Waals surface area contributed by atoms with E-state index < -0.39 is 0 Å². The standard InChI is InChI=1S/C16H20N2/c1-13-5-4-6-14(11-13)9-10-18-12-15-7-2-3-8-16(15)17/h2-8,11,18H,9-10,12,17H2,1H3. The van der Waals surface area contributed by atoms with Gasteiger partial charge in [-0.15, -0.1) is 0 Å². The fraction of sp³-hybridized carbons (Fsp3) is 0.250. The molecule has 0 aliphatic carbocycles. The summed E-state index contributed by atoms with van der Waals surface area (Å²) in [5.74, 6) is 0. The molecule has 0 aliphatic rings. The minimum Gasteiger partial charge on any atom is -0.398 e. The monoisotopic (exact) mass is 240 g/mol. The van der Waals surface area contributed by atoms with Gasteiger partial charge in [0.15, 0.2) is 0 Å². The molecule has 0 saturated heterocycles. The van der Waals surface area contributed by atoms with E-state index in [-0.39, 0.29) is 0 Å². The van der Waals surface area contributed by atoms with E-state index in [0.717, 1.165) is 25.2 Å². The quantitative estimate of drug-likeness (QED) is 0.623. The van der Waals surface area contributed by atoms with Crippen molar-refractivity contribution < 1.29 is 0 Å². The van der Waals surface area contributed by atoms with Crippen LogP contribution in [0.2, 0.25) is 0 Å². The third kappa shape index (κ3) is 3.60. The summed E-state index contributed by atoms with van der Waals surface area (Å²) in [4.78, 5) is 0. The van der Waals surface area contributed by atoms with Gasteiger partial charge in [0.05, 0.1) is 0 Å². The molecule has 0 aliphatic heterocycles. The van der Waals surface area contributed by atoms with Gasteiger partial charge in [-0.05, 0) is 37.1 Å². The lowest BCUT2D eigenvalue weighted by Crippen LogP contribution is -2.17. The Hall–Kier alpha value is -1.80. The molecule has 18 heavy (non-hydrogen) atoms. The van der Waals surface area contributed by atoms with Crippen molar-refractivity contribution in [2.24, 2.45) is 0 Å². The van der Waals surface area contributed by atoms with Gasteiger partial charge in [0.2, 0.25) is 0 Å². The number of anilines is 1. The first-order valence-electron chi connectivity index (χ1n) is 6.35. The highest BCUT2D eigenvalue weighted by Gasteiger charge is 1.97. The van der Waals surface area contributed by atoms with Crippen LogP contribution < -0.4 is 11.1 Å². The van der Waals surface area contributed by atoms with Crippen LogP contribution >= 0.6 is 0 Å². The van der Waals surface area contributed by atoms with Crippen LogP contribution in [0.5, 0.6) is 0 Å². The van der Waals surface area contributed by atoms with Crippen LogP contribution in [0.1, 0.15) is 16.7 Å². The van der Waals surface area contributed by atoms with E-state index >= 15 is 0 Å². The van der Waals surface area contributed by atoms with Crippen LogP contribution in [0.4, 0.5) is 5.69 Å². The summed E-state index contributed by atoms with van der Waals surface area (Å²) in [6.45, 7) is 3.93. The molecule has 0 fully saturated rings. The summed E-state index contributed by atoms with van der Waals surface area (Å²) >= 11 is 0. The topological polar surface area (TPSA) is 38.0 Å². The molecule has 2 aromatic carbocycles. The number of hydrogen-bond acceptors (Lipinski definition) is 2. The Morgan fingerprint density at radius 3 is 2.67 bits per heavy atom. The predicted molar refractivity (Wildman–Crippen MR) is 77.4 cm³/mol. The zero-order chi connectivity index (χ0) is 12.8. The Kier molecular flexibility index (Phi) is 4.37. The maximum Gasteiger partial charge on any atom is 0.0359 e. The van der Waals surface area contributed by atoms with E-state index in [9.17, 15) is 0 Å². The second kappa shape index (κ2) is 6.22. The summed E-state index contributed by atoms with van der Waals surface area (Å²) < 4.78 is 0. The summed E-state index contributed by atoms with van der Waals surface area (Å²) in [6.07, 6.45) is 1.05. The molecular weight excluding hydrogens is 220 g/mol. The fourth-order valence-electron chi connectivity index (χ4n) is 2.02. The summed E-state index contributed by atoms with van der Waals surface area (Å²) in [7, 11) is 0. The molecule has 2 rings (SSSR count). The Balaban J connectivity index is 1.78. The molecule has 0 spiro atoms. The molecule has 3 N–H and O–H groups in total. The smallest absolute Gasteiger partial charge is 0.0359 e. The number of benzene rings is 2. The fourth-order valence-corrected chi connectivity index (χ4v) is 2.02. The molecule has 0 aromatic heterocycles. The van der Waals surface area contributed by atoms with Crippen LogP contribution in [0.3, 0.4) is 0 Å². The van der Waals surface area contributed by atoms with E-state index in [1.807, 2.05) is 18.2 Å². The van der Waals surface area contributed by atoms with Crippen molar-refractivity contribution in [3.63, 3.8) is 0 Å².